The topological polar surface area (TPSA) is 55.6 Å². The van der Waals surface area contributed by atoms with E-state index in [1.807, 2.05) is 37.3 Å². The molecule has 1 rings (SSSR count). The predicted molar refractivity (Wildman–Crippen MR) is 67.5 cm³/mol. The number of carbonyl (C=O) groups excluding carboxylic acids is 1. The fourth-order valence-electron chi connectivity index (χ4n) is 1.66. The fraction of sp³-hybridized carbons (Fsp3) is 0.462. The van der Waals surface area contributed by atoms with E-state index in [4.69, 9.17) is 10.5 Å². The lowest BCUT2D eigenvalue weighted by Crippen LogP contribution is -2.45. The van der Waals surface area contributed by atoms with Gasteiger partial charge in [0.05, 0.1) is 12.6 Å². The third-order valence-electron chi connectivity index (χ3n) is 2.87. The molecular weight excluding hydrogens is 216 g/mol. The number of methoxy groups -OCH3 is 1. The van der Waals surface area contributed by atoms with Gasteiger partial charge in [-0.15, -0.1) is 0 Å². The first-order valence-corrected chi connectivity index (χ1v) is 5.64. The van der Waals surface area contributed by atoms with Crippen molar-refractivity contribution in [2.75, 3.05) is 20.8 Å². The van der Waals surface area contributed by atoms with Crippen LogP contribution in [0, 0.1) is 0 Å². The van der Waals surface area contributed by atoms with Crippen LogP contribution in [0.5, 0.6) is 0 Å². The minimum Gasteiger partial charge on any atom is -0.383 e. The number of amides is 1. The van der Waals surface area contributed by atoms with E-state index < -0.39 is 6.04 Å². The molecule has 0 heterocycles. The second kappa shape index (κ2) is 6.37. The zero-order chi connectivity index (χ0) is 12.8. The van der Waals surface area contributed by atoms with E-state index in [0.29, 0.717) is 0 Å². The monoisotopic (exact) mass is 236 g/mol. The Bertz CT molecular complexity index is 354. The first-order valence-electron chi connectivity index (χ1n) is 5.64. The fourth-order valence-corrected chi connectivity index (χ4v) is 1.66. The van der Waals surface area contributed by atoms with E-state index in [9.17, 15) is 4.79 Å². The van der Waals surface area contributed by atoms with Crippen LogP contribution in [0.25, 0.3) is 0 Å². The number of nitrogens with two attached hydrogens (primary N) is 1. The maximum Gasteiger partial charge on any atom is 0.242 e. The van der Waals surface area contributed by atoms with Crippen molar-refractivity contribution in [1.82, 2.24) is 4.90 Å². The van der Waals surface area contributed by atoms with Gasteiger partial charge in [-0.3, -0.25) is 4.79 Å². The highest BCUT2D eigenvalue weighted by Gasteiger charge is 2.22. The van der Waals surface area contributed by atoms with Crippen LogP contribution in [0.2, 0.25) is 0 Å². The molecule has 1 aromatic rings. The molecule has 0 aliphatic rings. The normalized spacial score (nSPS) is 14.1. The zero-order valence-electron chi connectivity index (χ0n) is 10.6. The third kappa shape index (κ3) is 3.54. The number of benzene rings is 1. The molecule has 0 radical (unpaired) electrons. The summed E-state index contributed by atoms with van der Waals surface area (Å²) in [6.07, 6.45) is 0. The minimum atomic E-state index is -0.601. The number of nitrogens with zero attached hydrogens (tertiary/aromatic N) is 1. The van der Waals surface area contributed by atoms with Crippen LogP contribution in [0.1, 0.15) is 18.5 Å². The molecule has 1 amide bonds. The van der Waals surface area contributed by atoms with Gasteiger partial charge in [-0.25, -0.2) is 0 Å². The highest BCUT2D eigenvalue weighted by molar-refractivity contribution is 5.81. The van der Waals surface area contributed by atoms with Crippen molar-refractivity contribution in [2.24, 2.45) is 5.73 Å². The average Bonchev–Trinajstić information content (AvgIpc) is 2.37. The van der Waals surface area contributed by atoms with Crippen LogP contribution in [0.15, 0.2) is 30.3 Å². The summed E-state index contributed by atoms with van der Waals surface area (Å²) in [4.78, 5) is 13.6. The van der Waals surface area contributed by atoms with Gasteiger partial charge in [0.2, 0.25) is 5.91 Å². The Morgan fingerprint density at radius 1 is 1.41 bits per heavy atom. The highest BCUT2D eigenvalue weighted by atomic mass is 16.5. The van der Waals surface area contributed by atoms with Gasteiger partial charge in [0.1, 0.15) is 6.04 Å². The molecule has 94 valence electrons. The summed E-state index contributed by atoms with van der Waals surface area (Å²) in [6.45, 7) is 2.22. The Morgan fingerprint density at radius 2 is 2.00 bits per heavy atom. The van der Waals surface area contributed by atoms with E-state index in [1.54, 1.807) is 11.9 Å². The van der Waals surface area contributed by atoms with E-state index >= 15 is 0 Å². The highest BCUT2D eigenvalue weighted by Crippen LogP contribution is 2.18. The summed E-state index contributed by atoms with van der Waals surface area (Å²) in [7, 11) is 3.29. The number of rotatable bonds is 5. The lowest BCUT2D eigenvalue weighted by atomic mass is 10.1. The Labute approximate surface area is 102 Å². The maximum atomic E-state index is 12.0. The quantitative estimate of drug-likeness (QED) is 0.835. The van der Waals surface area contributed by atoms with Gasteiger partial charge in [-0.1, -0.05) is 30.3 Å². The number of ether oxygens (including phenoxy) is 1. The Hall–Kier alpha value is -1.39. The molecule has 17 heavy (non-hydrogen) atoms. The molecule has 0 spiro atoms. The SMILES string of the molecule is COCC(N)C(=O)N(C)C(C)c1ccccc1. The summed E-state index contributed by atoms with van der Waals surface area (Å²) in [6, 6.07) is 9.27. The molecule has 0 bridgehead atoms. The molecule has 1 aromatic carbocycles. The second-order valence-electron chi connectivity index (χ2n) is 4.10. The Kier molecular flexibility index (Phi) is 5.12. The second-order valence-corrected chi connectivity index (χ2v) is 4.10. The maximum absolute atomic E-state index is 12.0. The smallest absolute Gasteiger partial charge is 0.242 e. The molecular formula is C13H20N2O2. The first-order chi connectivity index (χ1) is 8.07. The molecule has 2 atom stereocenters. The van der Waals surface area contributed by atoms with Crippen LogP contribution < -0.4 is 5.73 Å². The van der Waals surface area contributed by atoms with Crippen molar-refractivity contribution in [3.63, 3.8) is 0 Å². The van der Waals surface area contributed by atoms with Gasteiger partial charge in [-0.05, 0) is 12.5 Å². The molecule has 2 unspecified atom stereocenters. The molecule has 0 aromatic heterocycles. The third-order valence-corrected chi connectivity index (χ3v) is 2.87. The number of hydrogen-bond donors (Lipinski definition) is 1. The largest absolute Gasteiger partial charge is 0.383 e. The first kappa shape index (κ1) is 13.7. The van der Waals surface area contributed by atoms with Gasteiger partial charge < -0.3 is 15.4 Å². The summed E-state index contributed by atoms with van der Waals surface area (Å²) in [5, 5.41) is 0. The van der Waals surface area contributed by atoms with Crippen LogP contribution in [-0.4, -0.2) is 37.6 Å². The summed E-state index contributed by atoms with van der Waals surface area (Å²) < 4.78 is 4.89. The molecule has 2 N–H and O–H groups in total. The molecule has 0 fully saturated rings. The van der Waals surface area contributed by atoms with Crippen molar-refractivity contribution in [3.05, 3.63) is 35.9 Å². The van der Waals surface area contributed by atoms with E-state index in [-0.39, 0.29) is 18.6 Å². The summed E-state index contributed by atoms with van der Waals surface area (Å²) >= 11 is 0. The molecule has 0 saturated carbocycles. The van der Waals surface area contributed by atoms with Gasteiger partial charge in [0.15, 0.2) is 0 Å². The molecule has 0 saturated heterocycles. The van der Waals surface area contributed by atoms with E-state index in [0.717, 1.165) is 5.56 Å². The number of hydrogen-bond acceptors (Lipinski definition) is 3. The van der Waals surface area contributed by atoms with Gasteiger partial charge >= 0.3 is 0 Å². The Morgan fingerprint density at radius 3 is 2.53 bits per heavy atom. The number of likely N-dealkylation sites (N-methyl/N-ethyl adjacent to an activating group) is 1. The van der Waals surface area contributed by atoms with Crippen molar-refractivity contribution >= 4 is 5.91 Å². The van der Waals surface area contributed by atoms with Crippen molar-refractivity contribution in [2.45, 2.75) is 19.0 Å². The van der Waals surface area contributed by atoms with E-state index in [1.165, 1.54) is 7.11 Å². The standard InChI is InChI=1S/C13H20N2O2/c1-10(11-7-5-4-6-8-11)15(2)13(16)12(14)9-17-3/h4-8,10,12H,9,14H2,1-3H3. The number of carbonyl (C=O) groups is 1. The van der Waals surface area contributed by atoms with Crippen LogP contribution in [-0.2, 0) is 9.53 Å². The van der Waals surface area contributed by atoms with Gasteiger partial charge in [0.25, 0.3) is 0 Å². The summed E-state index contributed by atoms with van der Waals surface area (Å²) in [5.41, 5.74) is 6.82. The minimum absolute atomic E-state index is 0.00612. The van der Waals surface area contributed by atoms with Crippen LogP contribution >= 0.6 is 0 Å². The molecule has 0 aliphatic carbocycles. The molecule has 0 aliphatic heterocycles. The molecule has 4 nitrogen and oxygen atoms in total. The summed E-state index contributed by atoms with van der Waals surface area (Å²) in [5.74, 6) is -0.108. The predicted octanol–water partition coefficient (Wildman–Crippen LogP) is 1.18. The van der Waals surface area contributed by atoms with E-state index in [2.05, 4.69) is 0 Å². The lowest BCUT2D eigenvalue weighted by Gasteiger charge is -2.27. The molecule has 4 heteroatoms. The van der Waals surface area contributed by atoms with Gasteiger partial charge in [0, 0.05) is 14.2 Å². The lowest BCUT2D eigenvalue weighted by molar-refractivity contribution is -0.134. The van der Waals surface area contributed by atoms with Crippen molar-refractivity contribution < 1.29 is 9.53 Å². The average molecular weight is 236 g/mol. The van der Waals surface area contributed by atoms with Crippen molar-refractivity contribution in [3.8, 4) is 0 Å². The van der Waals surface area contributed by atoms with Gasteiger partial charge in [-0.2, -0.15) is 0 Å². The van der Waals surface area contributed by atoms with Crippen LogP contribution in [0.3, 0.4) is 0 Å². The van der Waals surface area contributed by atoms with Crippen molar-refractivity contribution in [1.29, 1.82) is 0 Å². The zero-order valence-corrected chi connectivity index (χ0v) is 10.6. The Balaban J connectivity index is 2.70. The van der Waals surface area contributed by atoms with Crippen LogP contribution in [0.4, 0.5) is 0 Å².